The van der Waals surface area contributed by atoms with Gasteiger partial charge in [0.05, 0.1) is 12.7 Å². The fourth-order valence-corrected chi connectivity index (χ4v) is 2.53. The third-order valence-electron chi connectivity index (χ3n) is 3.80. The predicted molar refractivity (Wildman–Crippen MR) is 84.5 cm³/mol. The minimum absolute atomic E-state index is 0.127. The van der Waals surface area contributed by atoms with Crippen molar-refractivity contribution in [3.63, 3.8) is 0 Å². The number of amides is 1. The van der Waals surface area contributed by atoms with Gasteiger partial charge in [-0.2, -0.15) is 4.98 Å². The molecule has 3 rings (SSSR count). The van der Waals surface area contributed by atoms with E-state index in [-0.39, 0.29) is 24.8 Å². The maximum atomic E-state index is 12.1. The van der Waals surface area contributed by atoms with Gasteiger partial charge < -0.3 is 20.3 Å². The minimum Gasteiger partial charge on any atom is -0.394 e. The molecule has 1 amide bonds. The molecule has 1 aliphatic rings. The fraction of sp³-hybridized carbons (Fsp3) is 0.312. The molecule has 2 aromatic rings. The minimum atomic E-state index is -0.843. The quantitative estimate of drug-likeness (QED) is 0.734. The zero-order valence-corrected chi connectivity index (χ0v) is 12.7. The van der Waals surface area contributed by atoms with E-state index in [1.165, 1.54) is 16.8 Å². The lowest BCUT2D eigenvalue weighted by Gasteiger charge is -2.14. The summed E-state index contributed by atoms with van der Waals surface area (Å²) in [4.78, 5) is 28.0. The second-order valence-corrected chi connectivity index (χ2v) is 5.44. The van der Waals surface area contributed by atoms with Crippen LogP contribution in [0.4, 0.5) is 5.82 Å². The van der Waals surface area contributed by atoms with Crippen LogP contribution in [0, 0.1) is 0 Å². The normalized spacial score (nSPS) is 23.2. The molecule has 3 unspecified atom stereocenters. The summed E-state index contributed by atoms with van der Waals surface area (Å²) >= 11 is 0. The number of ether oxygens (including phenoxy) is 1. The van der Waals surface area contributed by atoms with Crippen LogP contribution < -0.4 is 11.0 Å². The van der Waals surface area contributed by atoms with E-state index in [0.717, 1.165) is 0 Å². The van der Waals surface area contributed by atoms with Gasteiger partial charge in [-0.25, -0.2) is 4.79 Å². The van der Waals surface area contributed by atoms with Gasteiger partial charge in [-0.05, 0) is 18.2 Å². The maximum Gasteiger partial charge on any atom is 0.351 e. The summed E-state index contributed by atoms with van der Waals surface area (Å²) in [6, 6.07) is 10.1. The van der Waals surface area contributed by atoms with Crippen molar-refractivity contribution in [2.24, 2.45) is 0 Å². The average molecular weight is 331 g/mol. The Morgan fingerprint density at radius 3 is 2.71 bits per heavy atom. The fourth-order valence-electron chi connectivity index (χ4n) is 2.53. The highest BCUT2D eigenvalue weighted by Crippen LogP contribution is 2.27. The van der Waals surface area contributed by atoms with Crippen molar-refractivity contribution in [1.29, 1.82) is 0 Å². The third kappa shape index (κ3) is 3.35. The van der Waals surface area contributed by atoms with Gasteiger partial charge in [-0.15, -0.1) is 0 Å². The number of hydrogen-bond donors (Lipinski definition) is 3. The Morgan fingerprint density at radius 1 is 1.33 bits per heavy atom. The van der Waals surface area contributed by atoms with Crippen molar-refractivity contribution in [3.05, 3.63) is 58.6 Å². The first-order valence-electron chi connectivity index (χ1n) is 7.48. The van der Waals surface area contributed by atoms with Crippen LogP contribution in [0.3, 0.4) is 0 Å². The molecule has 24 heavy (non-hydrogen) atoms. The molecule has 2 heterocycles. The third-order valence-corrected chi connectivity index (χ3v) is 3.80. The molecule has 0 saturated carbocycles. The maximum absolute atomic E-state index is 12.1. The van der Waals surface area contributed by atoms with Crippen LogP contribution in [0.15, 0.2) is 47.4 Å². The van der Waals surface area contributed by atoms with Crippen molar-refractivity contribution in [2.75, 3.05) is 11.9 Å². The van der Waals surface area contributed by atoms with Crippen LogP contribution in [0.25, 0.3) is 0 Å². The van der Waals surface area contributed by atoms with Gasteiger partial charge in [0.1, 0.15) is 18.1 Å². The Labute approximate surface area is 137 Å². The molecule has 3 atom stereocenters. The van der Waals surface area contributed by atoms with Gasteiger partial charge >= 0.3 is 5.69 Å². The van der Waals surface area contributed by atoms with E-state index in [1.807, 2.05) is 0 Å². The number of aromatic nitrogens is 2. The first-order chi connectivity index (χ1) is 11.6. The molecule has 3 N–H and O–H groups in total. The first kappa shape index (κ1) is 16.3. The zero-order valence-electron chi connectivity index (χ0n) is 12.7. The average Bonchev–Trinajstić information content (AvgIpc) is 2.96. The summed E-state index contributed by atoms with van der Waals surface area (Å²) in [7, 11) is 0. The van der Waals surface area contributed by atoms with E-state index >= 15 is 0 Å². The predicted octanol–water partition coefficient (Wildman–Crippen LogP) is 0.136. The Bertz CT molecular complexity index is 777. The van der Waals surface area contributed by atoms with Gasteiger partial charge in [0.2, 0.25) is 0 Å². The summed E-state index contributed by atoms with van der Waals surface area (Å²) in [6.45, 7) is -0.328. The summed E-state index contributed by atoms with van der Waals surface area (Å²) in [5.41, 5.74) is -0.159. The molecular weight excluding hydrogens is 314 g/mol. The lowest BCUT2D eigenvalue weighted by Crippen LogP contribution is -2.28. The van der Waals surface area contributed by atoms with Crippen molar-refractivity contribution in [2.45, 2.75) is 24.9 Å². The van der Waals surface area contributed by atoms with E-state index in [2.05, 4.69) is 10.3 Å². The number of anilines is 1. The molecule has 1 aromatic heterocycles. The molecule has 1 saturated heterocycles. The van der Waals surface area contributed by atoms with Crippen molar-refractivity contribution >= 4 is 11.7 Å². The Hall–Kier alpha value is -2.55. The molecule has 126 valence electrons. The monoisotopic (exact) mass is 331 g/mol. The van der Waals surface area contributed by atoms with Crippen molar-refractivity contribution in [3.8, 4) is 0 Å². The summed E-state index contributed by atoms with van der Waals surface area (Å²) in [5, 5.41) is 21.4. The smallest absolute Gasteiger partial charge is 0.351 e. The van der Waals surface area contributed by atoms with Crippen LogP contribution in [-0.4, -0.2) is 44.5 Å². The van der Waals surface area contributed by atoms with E-state index in [0.29, 0.717) is 5.56 Å². The number of aliphatic hydroxyl groups excluding tert-OH is 2. The van der Waals surface area contributed by atoms with Gasteiger partial charge in [0.25, 0.3) is 5.91 Å². The van der Waals surface area contributed by atoms with Gasteiger partial charge in [-0.3, -0.25) is 9.36 Å². The van der Waals surface area contributed by atoms with Gasteiger partial charge in [0.15, 0.2) is 0 Å². The molecule has 0 radical (unpaired) electrons. The molecule has 0 bridgehead atoms. The van der Waals surface area contributed by atoms with Crippen LogP contribution in [0.1, 0.15) is 23.0 Å². The van der Waals surface area contributed by atoms with E-state index in [9.17, 15) is 14.7 Å². The Kier molecular flexibility index (Phi) is 4.70. The molecule has 1 fully saturated rings. The van der Waals surface area contributed by atoms with Crippen LogP contribution in [0.2, 0.25) is 0 Å². The van der Waals surface area contributed by atoms with E-state index < -0.39 is 24.1 Å². The largest absolute Gasteiger partial charge is 0.394 e. The number of carbonyl (C=O) groups is 1. The number of benzene rings is 1. The zero-order chi connectivity index (χ0) is 17.1. The first-order valence-corrected chi connectivity index (χ1v) is 7.48. The number of hydrogen-bond acceptors (Lipinski definition) is 6. The topological polar surface area (TPSA) is 114 Å². The molecule has 8 heteroatoms. The Morgan fingerprint density at radius 2 is 2.08 bits per heavy atom. The molecule has 1 aromatic carbocycles. The van der Waals surface area contributed by atoms with E-state index in [4.69, 9.17) is 9.84 Å². The second-order valence-electron chi connectivity index (χ2n) is 5.44. The van der Waals surface area contributed by atoms with Crippen LogP contribution >= 0.6 is 0 Å². The summed E-state index contributed by atoms with van der Waals surface area (Å²) in [5.74, 6) is -0.240. The molecule has 8 nitrogen and oxygen atoms in total. The number of aliphatic hydroxyl groups is 2. The van der Waals surface area contributed by atoms with Gasteiger partial charge in [-0.1, -0.05) is 18.2 Å². The highest BCUT2D eigenvalue weighted by atomic mass is 16.5. The second kappa shape index (κ2) is 6.91. The lowest BCUT2D eigenvalue weighted by molar-refractivity contribution is -0.0458. The molecule has 1 aliphatic heterocycles. The highest BCUT2D eigenvalue weighted by molar-refractivity contribution is 6.03. The van der Waals surface area contributed by atoms with Crippen molar-refractivity contribution in [1.82, 2.24) is 9.55 Å². The molecular formula is C16H17N3O5. The number of nitrogens with zero attached hydrogens (tertiary/aromatic N) is 2. The highest BCUT2D eigenvalue weighted by Gasteiger charge is 2.34. The number of nitrogens with one attached hydrogen (secondary N) is 1. The van der Waals surface area contributed by atoms with Crippen LogP contribution in [0.5, 0.6) is 0 Å². The van der Waals surface area contributed by atoms with E-state index in [1.54, 1.807) is 30.3 Å². The number of carbonyl (C=O) groups excluding carboxylic acids is 1. The standard InChI is InChI=1S/C16H17N3O5/c20-9-12-11(21)8-14(24-12)19-7-6-13(18-16(19)23)17-15(22)10-4-2-1-3-5-10/h1-7,11-12,14,20-21H,8-9H2,(H,17,18,22,23). The summed E-state index contributed by atoms with van der Waals surface area (Å²) < 4.78 is 6.63. The lowest BCUT2D eigenvalue weighted by atomic mass is 10.2. The number of rotatable bonds is 4. The molecule has 0 spiro atoms. The van der Waals surface area contributed by atoms with Gasteiger partial charge in [0, 0.05) is 18.2 Å². The van der Waals surface area contributed by atoms with Crippen LogP contribution in [-0.2, 0) is 4.74 Å². The van der Waals surface area contributed by atoms with Crippen molar-refractivity contribution < 1.29 is 19.7 Å². The SMILES string of the molecule is O=C(Nc1ccn(C2CC(O)C(CO)O2)c(=O)n1)c1ccccc1. The summed E-state index contributed by atoms with van der Waals surface area (Å²) in [6.07, 6.45) is -0.643. The Balaban J connectivity index is 1.74. The molecule has 0 aliphatic carbocycles.